The van der Waals surface area contributed by atoms with E-state index in [2.05, 4.69) is 29.3 Å². The van der Waals surface area contributed by atoms with Gasteiger partial charge in [0, 0.05) is 44.8 Å². The number of piperazine rings is 1. The number of aliphatic hydroxyl groups is 1. The van der Waals surface area contributed by atoms with Crippen molar-refractivity contribution < 1.29 is 24.2 Å². The van der Waals surface area contributed by atoms with Crippen LogP contribution in [-0.4, -0.2) is 87.9 Å². The van der Waals surface area contributed by atoms with E-state index < -0.39 is 17.7 Å². The maximum absolute atomic E-state index is 13.8. The van der Waals surface area contributed by atoms with Crippen LogP contribution in [0.15, 0.2) is 48.5 Å². The molecule has 0 unspecified atom stereocenters. The van der Waals surface area contributed by atoms with E-state index in [9.17, 15) is 19.5 Å². The number of carbonyl (C=O) groups excluding carboxylic acids is 3. The Morgan fingerprint density at radius 2 is 1.53 bits per heavy atom. The molecular weight excluding hydrogens is 568 g/mol. The molecule has 9 heteroatoms. The fourth-order valence-electron chi connectivity index (χ4n) is 7.16. The minimum atomic E-state index is -0.881. The molecule has 2 N–H and O–H groups in total. The van der Waals surface area contributed by atoms with Gasteiger partial charge >= 0.3 is 0 Å². The molecule has 0 radical (unpaired) electrons. The van der Waals surface area contributed by atoms with Gasteiger partial charge < -0.3 is 25.0 Å². The van der Waals surface area contributed by atoms with Gasteiger partial charge in [-0.15, -0.1) is 0 Å². The monoisotopic (exact) mass is 618 g/mol. The highest BCUT2D eigenvalue weighted by Gasteiger charge is 2.55. The van der Waals surface area contributed by atoms with Crippen molar-refractivity contribution in [3.8, 4) is 11.5 Å². The summed E-state index contributed by atoms with van der Waals surface area (Å²) in [5, 5.41) is 14.0. The van der Waals surface area contributed by atoms with Gasteiger partial charge in [-0.1, -0.05) is 52.2 Å². The van der Waals surface area contributed by atoms with Crippen LogP contribution in [0.5, 0.6) is 11.5 Å². The van der Waals surface area contributed by atoms with E-state index in [0.717, 1.165) is 69.5 Å². The van der Waals surface area contributed by atoms with E-state index in [0.29, 0.717) is 43.8 Å². The average Bonchev–Trinajstić information content (AvgIpc) is 3.61. The Morgan fingerprint density at radius 1 is 0.933 bits per heavy atom. The summed E-state index contributed by atoms with van der Waals surface area (Å²) in [6.45, 7) is 10.4. The number of piperidine rings is 1. The number of hydrogen-bond acceptors (Lipinski definition) is 6. The molecule has 2 aromatic carbocycles. The Balaban J connectivity index is 1.17. The first-order chi connectivity index (χ1) is 21.8. The smallest absolute Gasteiger partial charge is 0.253 e. The van der Waals surface area contributed by atoms with Crippen molar-refractivity contribution in [2.24, 2.45) is 5.92 Å². The Labute approximate surface area is 267 Å². The van der Waals surface area contributed by atoms with E-state index in [1.54, 1.807) is 0 Å². The van der Waals surface area contributed by atoms with Crippen molar-refractivity contribution in [1.29, 1.82) is 0 Å². The Kier molecular flexibility index (Phi) is 10.8. The number of carbonyl (C=O) groups is 3. The topological polar surface area (TPSA) is 102 Å². The molecule has 2 atom stereocenters. The number of aliphatic hydroxyl groups excluding tert-OH is 1. The van der Waals surface area contributed by atoms with E-state index >= 15 is 0 Å². The van der Waals surface area contributed by atoms with Gasteiger partial charge in [-0.05, 0) is 80.0 Å². The van der Waals surface area contributed by atoms with Crippen molar-refractivity contribution >= 4 is 17.7 Å². The van der Waals surface area contributed by atoms with Crippen LogP contribution in [-0.2, 0) is 16.1 Å². The molecule has 3 amide bonds. The highest BCUT2D eigenvalue weighted by Crippen LogP contribution is 2.35. The van der Waals surface area contributed by atoms with Crippen LogP contribution in [0.2, 0.25) is 0 Å². The zero-order chi connectivity index (χ0) is 32.0. The number of rotatable bonds is 12. The van der Waals surface area contributed by atoms with Crippen LogP contribution in [0.4, 0.5) is 0 Å². The summed E-state index contributed by atoms with van der Waals surface area (Å²) in [6.07, 6.45) is 5.67. The lowest BCUT2D eigenvalue weighted by Gasteiger charge is -2.52. The zero-order valence-electron chi connectivity index (χ0n) is 27.2. The minimum absolute atomic E-state index is 0.0317. The molecule has 3 aliphatic rings. The summed E-state index contributed by atoms with van der Waals surface area (Å²) in [7, 11) is 0. The number of ether oxygens (including phenoxy) is 1. The standard InChI is InChI=1S/C36H50N4O5/c1-4-7-22-40-34(43)31(32(41)27(5-2)6-3)37-35(44)36(40)18-23-38(24-19-36)25-26-10-14-29(15-11-26)45-30-16-12-28(13-17-30)33(42)39-20-8-9-21-39/h10-17,27,31-32,41H,4-9,18-25H2,1-3H3,(H,37,44)/t31-,32-/m1/s1. The first-order valence-corrected chi connectivity index (χ1v) is 17.0. The molecule has 2 aromatic rings. The van der Waals surface area contributed by atoms with E-state index in [4.69, 9.17) is 4.74 Å². The third kappa shape index (κ3) is 7.20. The number of unbranched alkanes of at least 4 members (excludes halogenated alkanes) is 1. The maximum Gasteiger partial charge on any atom is 0.253 e. The van der Waals surface area contributed by atoms with Crippen molar-refractivity contribution in [1.82, 2.24) is 20.0 Å². The van der Waals surface area contributed by atoms with Crippen molar-refractivity contribution in [3.05, 3.63) is 59.7 Å². The second-order valence-electron chi connectivity index (χ2n) is 12.9. The van der Waals surface area contributed by atoms with Gasteiger partial charge in [0.2, 0.25) is 11.8 Å². The summed E-state index contributed by atoms with van der Waals surface area (Å²) in [5.41, 5.74) is 0.968. The molecule has 244 valence electrons. The first kappa shape index (κ1) is 32.9. The second-order valence-corrected chi connectivity index (χ2v) is 12.9. The Hall–Kier alpha value is -3.43. The molecular formula is C36H50N4O5. The third-order valence-corrected chi connectivity index (χ3v) is 10.1. The average molecular weight is 619 g/mol. The van der Waals surface area contributed by atoms with Gasteiger partial charge in [-0.2, -0.15) is 0 Å². The quantitative estimate of drug-likeness (QED) is 0.348. The molecule has 5 rings (SSSR count). The molecule has 0 aromatic heterocycles. The zero-order valence-corrected chi connectivity index (χ0v) is 27.2. The number of benzene rings is 2. The van der Waals surface area contributed by atoms with Gasteiger partial charge in [0.25, 0.3) is 5.91 Å². The van der Waals surface area contributed by atoms with Crippen molar-refractivity contribution in [3.63, 3.8) is 0 Å². The summed E-state index contributed by atoms with van der Waals surface area (Å²) < 4.78 is 6.04. The molecule has 3 saturated heterocycles. The SMILES string of the molecule is CCCCN1C(=O)[C@@H]([C@H](O)C(CC)CC)NC(=O)C12CCN(Cc1ccc(Oc3ccc(C(=O)N4CCCC4)cc3)cc1)CC2. The highest BCUT2D eigenvalue weighted by molar-refractivity contribution is 6.00. The van der Waals surface area contributed by atoms with Crippen LogP contribution in [0, 0.1) is 5.92 Å². The highest BCUT2D eigenvalue weighted by atomic mass is 16.5. The van der Waals surface area contributed by atoms with Crippen LogP contribution < -0.4 is 10.1 Å². The lowest BCUT2D eigenvalue weighted by atomic mass is 9.79. The Morgan fingerprint density at radius 3 is 2.11 bits per heavy atom. The number of nitrogens with one attached hydrogen (secondary N) is 1. The lowest BCUT2D eigenvalue weighted by molar-refractivity contribution is -0.165. The molecule has 3 fully saturated rings. The van der Waals surface area contributed by atoms with Gasteiger partial charge in [0.05, 0.1) is 6.10 Å². The molecule has 0 saturated carbocycles. The third-order valence-electron chi connectivity index (χ3n) is 10.1. The molecule has 9 nitrogen and oxygen atoms in total. The van der Waals surface area contributed by atoms with E-state index in [-0.39, 0.29) is 23.6 Å². The fraction of sp³-hybridized carbons (Fsp3) is 0.583. The number of likely N-dealkylation sites (tertiary alicyclic amines) is 2. The molecule has 0 aliphatic carbocycles. The molecule has 1 spiro atoms. The number of hydrogen-bond donors (Lipinski definition) is 2. The largest absolute Gasteiger partial charge is 0.457 e. The summed E-state index contributed by atoms with van der Waals surface area (Å²) in [6, 6.07) is 14.5. The second kappa shape index (κ2) is 14.8. The van der Waals surface area contributed by atoms with Crippen LogP contribution in [0.3, 0.4) is 0 Å². The van der Waals surface area contributed by atoms with Gasteiger partial charge in [0.1, 0.15) is 23.1 Å². The molecule has 0 bridgehead atoms. The molecule has 3 heterocycles. The van der Waals surface area contributed by atoms with Gasteiger partial charge in [0.15, 0.2) is 0 Å². The van der Waals surface area contributed by atoms with Crippen LogP contribution in [0.1, 0.15) is 88.1 Å². The maximum atomic E-state index is 13.8. The predicted molar refractivity (Wildman–Crippen MR) is 174 cm³/mol. The van der Waals surface area contributed by atoms with Crippen LogP contribution in [0.25, 0.3) is 0 Å². The van der Waals surface area contributed by atoms with Crippen molar-refractivity contribution in [2.75, 3.05) is 32.7 Å². The lowest BCUT2D eigenvalue weighted by Crippen LogP contribution is -2.75. The van der Waals surface area contributed by atoms with Gasteiger partial charge in [-0.25, -0.2) is 0 Å². The molecule has 45 heavy (non-hydrogen) atoms. The van der Waals surface area contributed by atoms with Crippen molar-refractivity contribution in [2.45, 2.75) is 96.4 Å². The van der Waals surface area contributed by atoms with Gasteiger partial charge in [-0.3, -0.25) is 19.3 Å². The van der Waals surface area contributed by atoms with E-state index in [1.165, 1.54) is 0 Å². The number of amides is 3. The van der Waals surface area contributed by atoms with E-state index in [1.807, 2.05) is 60.0 Å². The fourth-order valence-corrected chi connectivity index (χ4v) is 7.16. The van der Waals surface area contributed by atoms with Crippen LogP contribution >= 0.6 is 0 Å². The summed E-state index contributed by atoms with van der Waals surface area (Å²) >= 11 is 0. The first-order valence-electron chi connectivity index (χ1n) is 17.0. The predicted octanol–water partition coefficient (Wildman–Crippen LogP) is 4.97. The number of nitrogens with zero attached hydrogens (tertiary/aromatic N) is 3. The summed E-state index contributed by atoms with van der Waals surface area (Å²) in [5.74, 6) is 1.20. The normalized spacial score (nSPS) is 21.0. The Bertz CT molecular complexity index is 1300. The molecule has 3 aliphatic heterocycles. The summed E-state index contributed by atoms with van der Waals surface area (Å²) in [4.78, 5) is 46.1. The minimum Gasteiger partial charge on any atom is -0.457 e.